The zero-order valence-corrected chi connectivity index (χ0v) is 12.9. The van der Waals surface area contributed by atoms with Crippen LogP contribution in [0, 0.1) is 5.82 Å². The molecule has 8 heteroatoms. The number of anilines is 3. The van der Waals surface area contributed by atoms with Crippen LogP contribution in [0.3, 0.4) is 0 Å². The third kappa shape index (κ3) is 4.41. The molecule has 0 unspecified atom stereocenters. The molecule has 1 heterocycles. The van der Waals surface area contributed by atoms with Crippen LogP contribution in [0.15, 0.2) is 59.8 Å². The molecule has 7 nitrogen and oxygen atoms in total. The lowest BCUT2D eigenvalue weighted by Crippen LogP contribution is -2.03. The molecule has 3 aromatic rings. The van der Waals surface area contributed by atoms with E-state index in [4.69, 9.17) is 0 Å². The first-order valence-electron chi connectivity index (χ1n) is 7.27. The molecule has 0 aliphatic rings. The summed E-state index contributed by atoms with van der Waals surface area (Å²) in [5, 5.41) is 25.4. The summed E-state index contributed by atoms with van der Waals surface area (Å²) in [6.45, 7) is 0. The Bertz CT molecular complexity index is 900. The van der Waals surface area contributed by atoms with Crippen molar-refractivity contribution in [1.29, 1.82) is 0 Å². The molecular weight excluding hydrogens is 325 g/mol. The Kier molecular flexibility index (Phi) is 4.70. The van der Waals surface area contributed by atoms with Gasteiger partial charge in [0.2, 0.25) is 5.95 Å². The van der Waals surface area contributed by atoms with Crippen molar-refractivity contribution < 1.29 is 14.6 Å². The van der Waals surface area contributed by atoms with Crippen molar-refractivity contribution in [3.8, 4) is 11.5 Å². The highest BCUT2D eigenvalue weighted by molar-refractivity contribution is 5.80. The number of benzene rings is 2. The highest BCUT2D eigenvalue weighted by Crippen LogP contribution is 2.20. The first-order chi connectivity index (χ1) is 12.1. The fourth-order valence-corrected chi connectivity index (χ4v) is 1.96. The Morgan fingerprint density at radius 3 is 2.60 bits per heavy atom. The lowest BCUT2D eigenvalue weighted by atomic mass is 10.2. The second-order valence-corrected chi connectivity index (χ2v) is 5.03. The maximum absolute atomic E-state index is 13.8. The smallest absolute Gasteiger partial charge is 0.245 e. The van der Waals surface area contributed by atoms with Crippen molar-refractivity contribution >= 4 is 23.7 Å². The van der Waals surface area contributed by atoms with Crippen LogP contribution >= 0.6 is 0 Å². The average Bonchev–Trinajstić information content (AvgIpc) is 2.60. The Hall–Kier alpha value is -3.68. The fourth-order valence-electron chi connectivity index (χ4n) is 1.96. The lowest BCUT2D eigenvalue weighted by molar-refractivity contribution is 0.475. The molecule has 0 spiro atoms. The van der Waals surface area contributed by atoms with E-state index in [9.17, 15) is 14.6 Å². The summed E-state index contributed by atoms with van der Waals surface area (Å²) in [6, 6.07) is 12.6. The van der Waals surface area contributed by atoms with Gasteiger partial charge in [-0.1, -0.05) is 12.1 Å². The van der Waals surface area contributed by atoms with E-state index in [1.165, 1.54) is 24.4 Å². The van der Waals surface area contributed by atoms with Crippen LogP contribution in [0.1, 0.15) is 5.56 Å². The molecular formula is C17H14FN5O2. The maximum atomic E-state index is 13.8. The van der Waals surface area contributed by atoms with Crippen LogP contribution in [0.25, 0.3) is 0 Å². The minimum absolute atomic E-state index is 0.0317. The molecule has 0 saturated heterocycles. The van der Waals surface area contributed by atoms with Crippen LogP contribution in [0.2, 0.25) is 0 Å². The largest absolute Gasteiger partial charge is 0.508 e. The molecule has 0 saturated carbocycles. The minimum atomic E-state index is -0.629. The molecule has 4 N–H and O–H groups in total. The number of phenols is 2. The number of nitrogens with one attached hydrogen (secondary N) is 2. The van der Waals surface area contributed by atoms with Crippen molar-refractivity contribution in [2.75, 3.05) is 10.7 Å². The van der Waals surface area contributed by atoms with E-state index in [0.717, 1.165) is 6.20 Å². The van der Waals surface area contributed by atoms with Gasteiger partial charge in [-0.3, -0.25) is 0 Å². The summed E-state index contributed by atoms with van der Waals surface area (Å²) < 4.78 is 13.8. The van der Waals surface area contributed by atoms with E-state index in [2.05, 4.69) is 25.8 Å². The number of hydrogen-bond donors (Lipinski definition) is 4. The predicted molar refractivity (Wildman–Crippen MR) is 92.7 cm³/mol. The van der Waals surface area contributed by atoms with Gasteiger partial charge in [0.25, 0.3) is 0 Å². The average molecular weight is 339 g/mol. The van der Waals surface area contributed by atoms with Gasteiger partial charge in [-0.25, -0.2) is 14.8 Å². The number of rotatable bonds is 5. The zero-order valence-electron chi connectivity index (χ0n) is 12.9. The molecule has 0 amide bonds. The molecule has 0 fully saturated rings. The first-order valence-corrected chi connectivity index (χ1v) is 7.27. The minimum Gasteiger partial charge on any atom is -0.508 e. The van der Waals surface area contributed by atoms with E-state index in [1.54, 1.807) is 30.3 Å². The Balaban J connectivity index is 1.71. The van der Waals surface area contributed by atoms with Gasteiger partial charge in [0.05, 0.1) is 12.4 Å². The van der Waals surface area contributed by atoms with Gasteiger partial charge in [-0.2, -0.15) is 10.1 Å². The molecule has 1 aromatic heterocycles. The standard InChI is InChI=1S/C17H14FN5O2/c18-15-10-19-17(23-20-9-11-2-1-3-14(25)8-11)22-16(15)21-12-4-6-13(24)7-5-12/h1-10,24-25H,(H2,19,21,22,23)/b20-9+. The molecule has 3 rings (SSSR count). The highest BCUT2D eigenvalue weighted by atomic mass is 19.1. The fraction of sp³-hybridized carbons (Fsp3) is 0. The van der Waals surface area contributed by atoms with Gasteiger partial charge >= 0.3 is 0 Å². The van der Waals surface area contributed by atoms with E-state index < -0.39 is 5.82 Å². The van der Waals surface area contributed by atoms with Crippen molar-refractivity contribution in [3.05, 3.63) is 66.1 Å². The maximum Gasteiger partial charge on any atom is 0.245 e. The first kappa shape index (κ1) is 16.2. The van der Waals surface area contributed by atoms with Crippen LogP contribution in [-0.2, 0) is 0 Å². The Labute approximate surface area is 142 Å². The molecule has 0 aliphatic heterocycles. The second-order valence-electron chi connectivity index (χ2n) is 5.03. The summed E-state index contributed by atoms with van der Waals surface area (Å²) in [5.74, 6) is -0.329. The molecule has 0 atom stereocenters. The molecule has 2 aromatic carbocycles. The second kappa shape index (κ2) is 7.26. The molecule has 0 radical (unpaired) electrons. The molecule has 0 aliphatic carbocycles. The number of phenolic OH excluding ortho intramolecular Hbond substituents is 2. The van der Waals surface area contributed by atoms with Gasteiger partial charge in [0.15, 0.2) is 11.6 Å². The van der Waals surface area contributed by atoms with Crippen LogP contribution in [0.5, 0.6) is 11.5 Å². The van der Waals surface area contributed by atoms with E-state index in [-0.39, 0.29) is 23.3 Å². The van der Waals surface area contributed by atoms with Gasteiger partial charge < -0.3 is 15.5 Å². The summed E-state index contributed by atoms with van der Waals surface area (Å²) in [6.07, 6.45) is 2.49. The normalized spacial score (nSPS) is 10.8. The van der Waals surface area contributed by atoms with Gasteiger partial charge in [0.1, 0.15) is 11.5 Å². The van der Waals surface area contributed by atoms with E-state index >= 15 is 0 Å². The third-order valence-corrected chi connectivity index (χ3v) is 3.12. The van der Waals surface area contributed by atoms with Crippen LogP contribution < -0.4 is 10.7 Å². The van der Waals surface area contributed by atoms with Gasteiger partial charge in [-0.05, 0) is 42.0 Å². The van der Waals surface area contributed by atoms with Crippen molar-refractivity contribution in [2.45, 2.75) is 0 Å². The number of hydrogen-bond acceptors (Lipinski definition) is 7. The highest BCUT2D eigenvalue weighted by Gasteiger charge is 2.07. The van der Waals surface area contributed by atoms with E-state index in [1.807, 2.05) is 0 Å². The van der Waals surface area contributed by atoms with Crippen LogP contribution in [0.4, 0.5) is 21.8 Å². The summed E-state index contributed by atoms with van der Waals surface area (Å²) in [5.41, 5.74) is 3.83. The quantitative estimate of drug-likeness (QED) is 0.323. The van der Waals surface area contributed by atoms with Crippen LogP contribution in [-0.4, -0.2) is 26.4 Å². The number of aromatic hydroxyl groups is 2. The Morgan fingerprint density at radius 1 is 1.04 bits per heavy atom. The van der Waals surface area contributed by atoms with Crippen molar-refractivity contribution in [2.24, 2.45) is 5.10 Å². The third-order valence-electron chi connectivity index (χ3n) is 3.12. The zero-order chi connectivity index (χ0) is 17.6. The molecule has 126 valence electrons. The topological polar surface area (TPSA) is 103 Å². The van der Waals surface area contributed by atoms with Crippen molar-refractivity contribution in [1.82, 2.24) is 9.97 Å². The van der Waals surface area contributed by atoms with Gasteiger partial charge in [0, 0.05) is 5.69 Å². The summed E-state index contributed by atoms with van der Waals surface area (Å²) >= 11 is 0. The SMILES string of the molecule is Oc1ccc(Nc2nc(N/N=C/c3cccc(O)c3)ncc2F)cc1. The number of nitrogens with zero attached hydrogens (tertiary/aromatic N) is 3. The number of hydrazone groups is 1. The van der Waals surface area contributed by atoms with E-state index in [0.29, 0.717) is 11.3 Å². The predicted octanol–water partition coefficient (Wildman–Crippen LogP) is 3.22. The van der Waals surface area contributed by atoms with Gasteiger partial charge in [-0.15, -0.1) is 0 Å². The molecule has 0 bridgehead atoms. The molecule has 25 heavy (non-hydrogen) atoms. The Morgan fingerprint density at radius 2 is 1.84 bits per heavy atom. The number of aromatic nitrogens is 2. The van der Waals surface area contributed by atoms with Crippen molar-refractivity contribution in [3.63, 3.8) is 0 Å². The number of halogens is 1. The monoisotopic (exact) mass is 339 g/mol. The lowest BCUT2D eigenvalue weighted by Gasteiger charge is -2.07. The summed E-state index contributed by atoms with van der Waals surface area (Å²) in [7, 11) is 0. The summed E-state index contributed by atoms with van der Waals surface area (Å²) in [4.78, 5) is 7.81.